The van der Waals surface area contributed by atoms with Crippen LogP contribution in [0.3, 0.4) is 0 Å². The number of nitrogens with one attached hydrogen (secondary N) is 1. The molecule has 0 aliphatic carbocycles. The summed E-state index contributed by atoms with van der Waals surface area (Å²) in [6.07, 6.45) is 0. The topological polar surface area (TPSA) is 66.5 Å². The van der Waals surface area contributed by atoms with Gasteiger partial charge < -0.3 is 4.90 Å². The van der Waals surface area contributed by atoms with Crippen molar-refractivity contribution in [2.75, 3.05) is 7.05 Å². The molecule has 1 unspecified atom stereocenters. The summed E-state index contributed by atoms with van der Waals surface area (Å²) in [6.45, 7) is 3.86. The molecule has 1 amide bonds. The first-order valence-electron chi connectivity index (χ1n) is 7.67. The monoisotopic (exact) mass is 346 g/mol. The van der Waals surface area contributed by atoms with Gasteiger partial charge >= 0.3 is 0 Å². The fourth-order valence-corrected chi connectivity index (χ4v) is 3.53. The molecule has 2 aromatic carbocycles. The van der Waals surface area contributed by atoms with Crippen LogP contribution in [-0.2, 0) is 21.4 Å². The summed E-state index contributed by atoms with van der Waals surface area (Å²) in [5.74, 6) is -0.283. The smallest absolute Gasteiger partial charge is 0.241 e. The third-order valence-electron chi connectivity index (χ3n) is 3.67. The van der Waals surface area contributed by atoms with Gasteiger partial charge in [-0.2, -0.15) is 4.72 Å². The maximum absolute atomic E-state index is 12.4. The Bertz CT molecular complexity index is 787. The lowest BCUT2D eigenvalue weighted by Gasteiger charge is -2.22. The number of benzene rings is 2. The minimum Gasteiger partial charge on any atom is -0.340 e. The highest BCUT2D eigenvalue weighted by molar-refractivity contribution is 7.89. The van der Waals surface area contributed by atoms with Gasteiger partial charge in [0.2, 0.25) is 15.9 Å². The molecule has 0 aliphatic rings. The van der Waals surface area contributed by atoms with Crippen molar-refractivity contribution in [3.8, 4) is 0 Å². The molecule has 0 bridgehead atoms. The highest BCUT2D eigenvalue weighted by Gasteiger charge is 2.24. The van der Waals surface area contributed by atoms with Crippen molar-refractivity contribution < 1.29 is 13.2 Å². The lowest BCUT2D eigenvalue weighted by atomic mass is 10.2. The average molecular weight is 346 g/mol. The summed E-state index contributed by atoms with van der Waals surface area (Å²) >= 11 is 0. The van der Waals surface area contributed by atoms with Crippen LogP contribution in [-0.4, -0.2) is 32.3 Å². The Morgan fingerprint density at radius 2 is 1.67 bits per heavy atom. The van der Waals surface area contributed by atoms with Gasteiger partial charge in [-0.15, -0.1) is 0 Å². The Labute approximate surface area is 143 Å². The van der Waals surface area contributed by atoms with E-state index >= 15 is 0 Å². The zero-order valence-corrected chi connectivity index (χ0v) is 14.9. The molecule has 1 atom stereocenters. The van der Waals surface area contributed by atoms with Gasteiger partial charge in [0, 0.05) is 13.6 Å². The Hall–Kier alpha value is -2.18. The first kappa shape index (κ1) is 18.2. The molecule has 6 heteroatoms. The average Bonchev–Trinajstić information content (AvgIpc) is 2.55. The van der Waals surface area contributed by atoms with E-state index < -0.39 is 16.1 Å². The molecular formula is C18H22N2O3S. The van der Waals surface area contributed by atoms with E-state index in [2.05, 4.69) is 4.72 Å². The minimum atomic E-state index is -3.73. The molecule has 128 valence electrons. The number of hydrogen-bond donors (Lipinski definition) is 1. The third kappa shape index (κ3) is 4.66. The summed E-state index contributed by atoms with van der Waals surface area (Å²) in [4.78, 5) is 14.1. The van der Waals surface area contributed by atoms with Crippen LogP contribution in [0.4, 0.5) is 0 Å². The summed E-state index contributed by atoms with van der Waals surface area (Å²) in [7, 11) is -2.07. The van der Waals surface area contributed by atoms with Gasteiger partial charge in [0.1, 0.15) is 0 Å². The van der Waals surface area contributed by atoms with E-state index in [9.17, 15) is 13.2 Å². The fraction of sp³-hybridized carbons (Fsp3) is 0.278. The predicted octanol–water partition coefficient (Wildman–Crippen LogP) is 2.32. The SMILES string of the molecule is Cc1ccc(S(=O)(=O)NC(C)C(=O)N(C)Cc2ccccc2)cc1. The number of sulfonamides is 1. The Balaban J connectivity index is 2.03. The van der Waals surface area contributed by atoms with E-state index in [0.29, 0.717) is 6.54 Å². The van der Waals surface area contributed by atoms with Crippen molar-refractivity contribution in [2.45, 2.75) is 31.3 Å². The van der Waals surface area contributed by atoms with Gasteiger partial charge in [0.15, 0.2) is 0 Å². The van der Waals surface area contributed by atoms with Crippen LogP contribution < -0.4 is 4.72 Å². The number of carbonyl (C=O) groups is 1. The summed E-state index contributed by atoms with van der Waals surface area (Å²) < 4.78 is 27.2. The highest BCUT2D eigenvalue weighted by Crippen LogP contribution is 2.11. The summed E-state index contributed by atoms with van der Waals surface area (Å²) in [5.41, 5.74) is 1.96. The van der Waals surface area contributed by atoms with Gasteiger partial charge in [-0.25, -0.2) is 8.42 Å². The molecule has 2 aromatic rings. The molecule has 24 heavy (non-hydrogen) atoms. The zero-order chi connectivity index (χ0) is 17.7. The van der Waals surface area contributed by atoms with Crippen LogP contribution in [0.25, 0.3) is 0 Å². The second-order valence-corrected chi connectivity index (χ2v) is 7.55. The van der Waals surface area contributed by atoms with E-state index in [0.717, 1.165) is 11.1 Å². The molecule has 0 saturated carbocycles. The van der Waals surface area contributed by atoms with E-state index in [1.165, 1.54) is 17.0 Å². The van der Waals surface area contributed by atoms with Crippen LogP contribution in [0, 0.1) is 6.92 Å². The standard InChI is InChI=1S/C18H22N2O3S/c1-14-9-11-17(12-10-14)24(22,23)19-15(2)18(21)20(3)13-16-7-5-4-6-8-16/h4-12,15,19H,13H2,1-3H3. The van der Waals surface area contributed by atoms with Crippen LogP contribution in [0.5, 0.6) is 0 Å². The molecular weight excluding hydrogens is 324 g/mol. The molecule has 0 spiro atoms. The number of nitrogens with zero attached hydrogens (tertiary/aromatic N) is 1. The molecule has 0 fully saturated rings. The first-order valence-corrected chi connectivity index (χ1v) is 9.16. The Morgan fingerprint density at radius 1 is 1.08 bits per heavy atom. The van der Waals surface area contributed by atoms with Crippen molar-refractivity contribution in [2.24, 2.45) is 0 Å². The number of rotatable bonds is 6. The second kappa shape index (κ2) is 7.59. The molecule has 0 saturated heterocycles. The van der Waals surface area contributed by atoms with Crippen molar-refractivity contribution in [1.82, 2.24) is 9.62 Å². The maximum atomic E-state index is 12.4. The number of aryl methyl sites for hydroxylation is 1. The van der Waals surface area contributed by atoms with Crippen LogP contribution in [0.15, 0.2) is 59.5 Å². The molecule has 0 aliphatic heterocycles. The van der Waals surface area contributed by atoms with Crippen molar-refractivity contribution >= 4 is 15.9 Å². The summed E-state index contributed by atoms with van der Waals surface area (Å²) in [6, 6.07) is 15.2. The number of likely N-dealkylation sites (N-methyl/N-ethyl adjacent to an activating group) is 1. The van der Waals surface area contributed by atoms with Crippen LogP contribution >= 0.6 is 0 Å². The van der Waals surface area contributed by atoms with Crippen molar-refractivity contribution in [3.05, 3.63) is 65.7 Å². The summed E-state index contributed by atoms with van der Waals surface area (Å²) in [5, 5.41) is 0. The maximum Gasteiger partial charge on any atom is 0.241 e. The predicted molar refractivity (Wildman–Crippen MR) is 93.9 cm³/mol. The highest BCUT2D eigenvalue weighted by atomic mass is 32.2. The zero-order valence-electron chi connectivity index (χ0n) is 14.1. The normalized spacial score (nSPS) is 12.6. The number of amides is 1. The molecule has 5 nitrogen and oxygen atoms in total. The van der Waals surface area contributed by atoms with Gasteiger partial charge in [-0.1, -0.05) is 48.0 Å². The van der Waals surface area contributed by atoms with Crippen LogP contribution in [0.2, 0.25) is 0 Å². The lowest BCUT2D eigenvalue weighted by Crippen LogP contribution is -2.45. The van der Waals surface area contributed by atoms with Crippen molar-refractivity contribution in [1.29, 1.82) is 0 Å². The van der Waals surface area contributed by atoms with Gasteiger partial charge in [0.25, 0.3) is 0 Å². The molecule has 0 aromatic heterocycles. The van der Waals surface area contributed by atoms with Crippen LogP contribution in [0.1, 0.15) is 18.1 Å². The van der Waals surface area contributed by atoms with E-state index in [4.69, 9.17) is 0 Å². The quantitative estimate of drug-likeness (QED) is 0.873. The molecule has 2 rings (SSSR count). The largest absolute Gasteiger partial charge is 0.340 e. The van der Waals surface area contributed by atoms with E-state index in [-0.39, 0.29) is 10.8 Å². The molecule has 0 heterocycles. The van der Waals surface area contributed by atoms with Gasteiger partial charge in [-0.05, 0) is 31.5 Å². The van der Waals surface area contributed by atoms with E-state index in [1.54, 1.807) is 26.1 Å². The van der Waals surface area contributed by atoms with Crippen molar-refractivity contribution in [3.63, 3.8) is 0 Å². The van der Waals surface area contributed by atoms with E-state index in [1.807, 2.05) is 37.3 Å². The first-order chi connectivity index (χ1) is 11.3. The molecule has 0 radical (unpaired) electrons. The fourth-order valence-electron chi connectivity index (χ4n) is 2.33. The lowest BCUT2D eigenvalue weighted by molar-refractivity contribution is -0.131. The Kier molecular flexibility index (Phi) is 5.75. The van der Waals surface area contributed by atoms with Gasteiger partial charge in [0.05, 0.1) is 10.9 Å². The number of carbonyl (C=O) groups excluding carboxylic acids is 1. The third-order valence-corrected chi connectivity index (χ3v) is 5.23. The second-order valence-electron chi connectivity index (χ2n) is 5.84. The minimum absolute atomic E-state index is 0.151. The molecule has 1 N–H and O–H groups in total. The number of hydrogen-bond acceptors (Lipinski definition) is 3. The Morgan fingerprint density at radius 3 is 2.25 bits per heavy atom. The van der Waals surface area contributed by atoms with Gasteiger partial charge in [-0.3, -0.25) is 4.79 Å².